The molecule has 0 spiro atoms. The summed E-state index contributed by atoms with van der Waals surface area (Å²) in [4.78, 5) is 23.0. The molecule has 4 heteroatoms. The fourth-order valence-electron chi connectivity index (χ4n) is 2.45. The molecule has 0 saturated carbocycles. The van der Waals surface area contributed by atoms with Crippen LogP contribution in [0.15, 0.2) is 72.4 Å². The SMILES string of the molecule is C=C/C=C(\C=C/C)CCC(=O)Oc1ccc(/C=C/C(=O)O)cc1CC=C(C)C.CC. The summed E-state index contributed by atoms with van der Waals surface area (Å²) < 4.78 is 5.58. The van der Waals surface area contributed by atoms with E-state index in [0.29, 0.717) is 18.6 Å². The number of aliphatic carboxylic acids is 1. The molecular formula is C26H34O4. The fraction of sp³-hybridized carbons (Fsp3) is 0.308. The van der Waals surface area contributed by atoms with Crippen LogP contribution in [-0.4, -0.2) is 17.0 Å². The van der Waals surface area contributed by atoms with E-state index in [1.165, 1.54) is 6.08 Å². The van der Waals surface area contributed by atoms with Crippen molar-refractivity contribution in [3.05, 3.63) is 83.5 Å². The number of carbonyl (C=O) groups is 2. The zero-order valence-corrected chi connectivity index (χ0v) is 18.8. The van der Waals surface area contributed by atoms with Crippen LogP contribution in [0.25, 0.3) is 6.08 Å². The van der Waals surface area contributed by atoms with Gasteiger partial charge in [0.1, 0.15) is 5.75 Å². The minimum absolute atomic E-state index is 0.257. The van der Waals surface area contributed by atoms with E-state index < -0.39 is 5.97 Å². The number of rotatable bonds is 10. The predicted molar refractivity (Wildman–Crippen MR) is 126 cm³/mol. The number of carboxylic acids is 1. The van der Waals surface area contributed by atoms with Crippen LogP contribution < -0.4 is 4.74 Å². The van der Waals surface area contributed by atoms with Gasteiger partial charge in [-0.2, -0.15) is 0 Å². The quantitative estimate of drug-likeness (QED) is 0.153. The monoisotopic (exact) mass is 410 g/mol. The highest BCUT2D eigenvalue weighted by atomic mass is 16.5. The number of ether oxygens (including phenoxy) is 1. The molecule has 1 aromatic rings. The zero-order chi connectivity index (χ0) is 22.9. The first-order valence-electron chi connectivity index (χ1n) is 10.2. The van der Waals surface area contributed by atoms with Crippen molar-refractivity contribution in [2.75, 3.05) is 0 Å². The van der Waals surface area contributed by atoms with Crippen LogP contribution >= 0.6 is 0 Å². The summed E-state index contributed by atoms with van der Waals surface area (Å²) in [5, 5.41) is 8.79. The van der Waals surface area contributed by atoms with Crippen LogP contribution in [0.1, 0.15) is 58.6 Å². The Morgan fingerprint density at radius 1 is 1.13 bits per heavy atom. The Balaban J connectivity index is 0.00000407. The average molecular weight is 411 g/mol. The summed E-state index contributed by atoms with van der Waals surface area (Å²) in [5.41, 5.74) is 3.73. The zero-order valence-electron chi connectivity index (χ0n) is 18.8. The average Bonchev–Trinajstić information content (AvgIpc) is 2.72. The summed E-state index contributed by atoms with van der Waals surface area (Å²) in [7, 11) is 0. The van der Waals surface area contributed by atoms with E-state index in [4.69, 9.17) is 9.84 Å². The second-order valence-corrected chi connectivity index (χ2v) is 6.48. The Bertz CT molecular complexity index is 819. The predicted octanol–water partition coefficient (Wildman–Crippen LogP) is 6.69. The molecular weight excluding hydrogens is 376 g/mol. The molecule has 0 aliphatic carbocycles. The van der Waals surface area contributed by atoms with Crippen molar-refractivity contribution in [3.63, 3.8) is 0 Å². The number of hydrogen-bond donors (Lipinski definition) is 1. The number of hydrogen-bond acceptors (Lipinski definition) is 3. The van der Waals surface area contributed by atoms with E-state index >= 15 is 0 Å². The molecule has 0 fully saturated rings. The van der Waals surface area contributed by atoms with E-state index in [-0.39, 0.29) is 12.4 Å². The molecule has 0 atom stereocenters. The molecule has 0 aliphatic heterocycles. The Morgan fingerprint density at radius 2 is 1.83 bits per heavy atom. The number of allylic oxidation sites excluding steroid dienone is 7. The van der Waals surface area contributed by atoms with Gasteiger partial charge in [0.25, 0.3) is 0 Å². The van der Waals surface area contributed by atoms with Crippen molar-refractivity contribution in [2.24, 2.45) is 0 Å². The lowest BCUT2D eigenvalue weighted by atomic mass is 10.0. The third-order valence-corrected chi connectivity index (χ3v) is 3.79. The molecule has 0 radical (unpaired) electrons. The summed E-state index contributed by atoms with van der Waals surface area (Å²) in [5.74, 6) is -0.826. The lowest BCUT2D eigenvalue weighted by Crippen LogP contribution is -2.09. The second kappa shape index (κ2) is 15.7. The Kier molecular flexibility index (Phi) is 14.1. The van der Waals surface area contributed by atoms with Crippen molar-refractivity contribution in [1.29, 1.82) is 0 Å². The molecule has 1 N–H and O–H groups in total. The number of carboxylic acid groups (broad SMARTS) is 1. The van der Waals surface area contributed by atoms with Gasteiger partial charge in [-0.05, 0) is 68.5 Å². The molecule has 0 aromatic heterocycles. The van der Waals surface area contributed by atoms with Crippen molar-refractivity contribution >= 4 is 18.0 Å². The van der Waals surface area contributed by atoms with Gasteiger partial charge in [0, 0.05) is 12.5 Å². The smallest absolute Gasteiger partial charge is 0.328 e. The van der Waals surface area contributed by atoms with Gasteiger partial charge < -0.3 is 9.84 Å². The van der Waals surface area contributed by atoms with Crippen molar-refractivity contribution in [2.45, 2.75) is 53.9 Å². The Labute approximate surface area is 181 Å². The minimum Gasteiger partial charge on any atom is -0.478 e. The first-order chi connectivity index (χ1) is 14.3. The maximum Gasteiger partial charge on any atom is 0.328 e. The highest BCUT2D eigenvalue weighted by Crippen LogP contribution is 2.23. The molecule has 1 rings (SSSR count). The molecule has 0 saturated heterocycles. The number of benzene rings is 1. The minimum atomic E-state index is -1.01. The molecule has 1 aromatic carbocycles. The van der Waals surface area contributed by atoms with E-state index in [0.717, 1.165) is 28.3 Å². The Morgan fingerprint density at radius 3 is 2.40 bits per heavy atom. The van der Waals surface area contributed by atoms with Crippen LogP contribution in [0.5, 0.6) is 5.75 Å². The molecule has 162 valence electrons. The maximum atomic E-state index is 12.3. The molecule has 4 nitrogen and oxygen atoms in total. The van der Waals surface area contributed by atoms with Gasteiger partial charge in [-0.3, -0.25) is 4.79 Å². The van der Waals surface area contributed by atoms with Gasteiger partial charge >= 0.3 is 11.9 Å². The van der Waals surface area contributed by atoms with E-state index in [1.54, 1.807) is 18.2 Å². The van der Waals surface area contributed by atoms with Gasteiger partial charge in [0.2, 0.25) is 0 Å². The van der Waals surface area contributed by atoms with E-state index in [9.17, 15) is 9.59 Å². The van der Waals surface area contributed by atoms with Crippen LogP contribution in [0.4, 0.5) is 0 Å². The van der Waals surface area contributed by atoms with Crippen LogP contribution in [0, 0.1) is 0 Å². The summed E-state index contributed by atoms with van der Waals surface area (Å²) in [6.07, 6.45) is 13.5. The Hall–Kier alpha value is -3.14. The van der Waals surface area contributed by atoms with Crippen molar-refractivity contribution in [3.8, 4) is 5.75 Å². The highest BCUT2D eigenvalue weighted by Gasteiger charge is 2.10. The standard InChI is InChI=1S/C24H28O4.C2H6/c1-5-7-19(8-6-2)12-16-24(27)28-22-14-10-20(11-15-23(25)26)17-21(22)13-9-18(3)4;1-2/h5-11,14-15,17H,1,12-13,16H2,2-4H3,(H,25,26);1-2H3/b8-6-,15-11+,19-7+;. The van der Waals surface area contributed by atoms with Gasteiger partial charge in [-0.25, -0.2) is 4.79 Å². The largest absolute Gasteiger partial charge is 0.478 e. The molecule has 0 aliphatic rings. The van der Waals surface area contributed by atoms with Gasteiger partial charge in [-0.1, -0.05) is 62.4 Å². The van der Waals surface area contributed by atoms with Crippen LogP contribution in [0.3, 0.4) is 0 Å². The van der Waals surface area contributed by atoms with E-state index in [1.807, 2.05) is 65.0 Å². The lowest BCUT2D eigenvalue weighted by Gasteiger charge is -2.11. The normalized spacial score (nSPS) is 11.0. The van der Waals surface area contributed by atoms with Crippen molar-refractivity contribution < 1.29 is 19.4 Å². The van der Waals surface area contributed by atoms with Gasteiger partial charge in [0.15, 0.2) is 0 Å². The highest BCUT2D eigenvalue weighted by molar-refractivity contribution is 5.85. The summed E-state index contributed by atoms with van der Waals surface area (Å²) in [6.45, 7) is 13.6. The molecule has 30 heavy (non-hydrogen) atoms. The van der Waals surface area contributed by atoms with Crippen LogP contribution in [0.2, 0.25) is 0 Å². The number of carbonyl (C=O) groups excluding carboxylic acids is 1. The first-order valence-corrected chi connectivity index (χ1v) is 10.2. The number of esters is 1. The third kappa shape index (κ3) is 11.6. The third-order valence-electron chi connectivity index (χ3n) is 3.79. The van der Waals surface area contributed by atoms with Crippen molar-refractivity contribution in [1.82, 2.24) is 0 Å². The molecule has 0 bridgehead atoms. The fourth-order valence-corrected chi connectivity index (χ4v) is 2.45. The molecule has 0 amide bonds. The molecule has 0 heterocycles. The van der Waals surface area contributed by atoms with Gasteiger partial charge in [0.05, 0.1) is 0 Å². The topological polar surface area (TPSA) is 63.6 Å². The lowest BCUT2D eigenvalue weighted by molar-refractivity contribution is -0.134. The summed E-state index contributed by atoms with van der Waals surface area (Å²) >= 11 is 0. The van der Waals surface area contributed by atoms with E-state index in [2.05, 4.69) is 6.58 Å². The van der Waals surface area contributed by atoms with Gasteiger partial charge in [-0.15, -0.1) is 0 Å². The summed E-state index contributed by atoms with van der Waals surface area (Å²) in [6, 6.07) is 5.28. The maximum absolute atomic E-state index is 12.3. The first kappa shape index (κ1) is 26.9. The van der Waals surface area contributed by atoms with Crippen LogP contribution in [-0.2, 0) is 16.0 Å². The second-order valence-electron chi connectivity index (χ2n) is 6.48. The molecule has 0 unspecified atom stereocenters.